The fraction of sp³-hybridized carbons (Fsp3) is 0.286. The third-order valence-corrected chi connectivity index (χ3v) is 4.67. The molecule has 8 nitrogen and oxygen atoms in total. The monoisotopic (exact) mass is 398 g/mol. The SMILES string of the molecule is COC(=O)C[C@H]1C(=O)NCC[NH+]1CC(=O)Nc1ccccc1Oc1ccccc1. The van der Waals surface area contributed by atoms with E-state index in [9.17, 15) is 14.4 Å². The van der Waals surface area contributed by atoms with Gasteiger partial charge in [0.2, 0.25) is 0 Å². The van der Waals surface area contributed by atoms with E-state index >= 15 is 0 Å². The number of esters is 1. The minimum Gasteiger partial charge on any atom is -0.469 e. The Morgan fingerprint density at radius 1 is 1.14 bits per heavy atom. The lowest BCUT2D eigenvalue weighted by Gasteiger charge is -2.30. The maximum Gasteiger partial charge on any atom is 0.312 e. The summed E-state index contributed by atoms with van der Waals surface area (Å²) in [6.07, 6.45) is -0.0708. The Morgan fingerprint density at radius 3 is 2.62 bits per heavy atom. The molecule has 2 aromatic rings. The number of para-hydroxylation sites is 3. The maximum absolute atomic E-state index is 12.7. The molecule has 1 heterocycles. The fourth-order valence-corrected chi connectivity index (χ4v) is 3.20. The van der Waals surface area contributed by atoms with Crippen molar-refractivity contribution in [2.75, 3.05) is 32.1 Å². The van der Waals surface area contributed by atoms with Gasteiger partial charge in [-0.3, -0.25) is 14.4 Å². The highest BCUT2D eigenvalue weighted by Gasteiger charge is 2.36. The molecule has 1 unspecified atom stereocenters. The van der Waals surface area contributed by atoms with Crippen LogP contribution in [0.2, 0.25) is 0 Å². The maximum atomic E-state index is 12.7. The standard InChI is InChI=1S/C21H23N3O5/c1-28-20(26)13-17-21(27)22-11-12-24(17)14-19(25)23-16-9-5-6-10-18(16)29-15-7-3-2-4-8-15/h2-10,17H,11-14H2,1H3,(H,22,27)(H,23,25)/p+1/t17-/m0/s1. The number of amides is 2. The van der Waals surface area contributed by atoms with Gasteiger partial charge in [-0.05, 0) is 24.3 Å². The molecule has 0 radical (unpaired) electrons. The zero-order valence-electron chi connectivity index (χ0n) is 16.1. The van der Waals surface area contributed by atoms with Crippen molar-refractivity contribution in [1.29, 1.82) is 0 Å². The molecule has 1 aliphatic rings. The number of ether oxygens (including phenoxy) is 2. The quantitative estimate of drug-likeness (QED) is 0.585. The number of anilines is 1. The zero-order valence-corrected chi connectivity index (χ0v) is 16.1. The lowest BCUT2D eigenvalue weighted by molar-refractivity contribution is -0.909. The zero-order chi connectivity index (χ0) is 20.6. The number of benzene rings is 2. The Balaban J connectivity index is 1.67. The van der Waals surface area contributed by atoms with Crippen LogP contribution >= 0.6 is 0 Å². The van der Waals surface area contributed by atoms with Crippen LogP contribution in [0.1, 0.15) is 6.42 Å². The van der Waals surface area contributed by atoms with Crippen LogP contribution in [-0.4, -0.2) is 50.6 Å². The van der Waals surface area contributed by atoms with Crippen LogP contribution in [0.3, 0.4) is 0 Å². The summed E-state index contributed by atoms with van der Waals surface area (Å²) in [5, 5.41) is 5.58. The number of methoxy groups -OCH3 is 1. The Morgan fingerprint density at radius 2 is 1.86 bits per heavy atom. The lowest BCUT2D eigenvalue weighted by Crippen LogP contribution is -3.20. The highest BCUT2D eigenvalue weighted by Crippen LogP contribution is 2.28. The molecule has 0 spiro atoms. The Hall–Kier alpha value is -3.39. The number of hydrogen-bond donors (Lipinski definition) is 3. The minimum atomic E-state index is -0.655. The molecule has 152 valence electrons. The largest absolute Gasteiger partial charge is 0.469 e. The highest BCUT2D eigenvalue weighted by atomic mass is 16.5. The van der Waals surface area contributed by atoms with Crippen LogP contribution in [-0.2, 0) is 19.1 Å². The van der Waals surface area contributed by atoms with Crippen molar-refractivity contribution in [3.8, 4) is 11.5 Å². The van der Waals surface area contributed by atoms with Gasteiger partial charge in [-0.2, -0.15) is 0 Å². The smallest absolute Gasteiger partial charge is 0.312 e. The van der Waals surface area contributed by atoms with Gasteiger partial charge in [-0.1, -0.05) is 30.3 Å². The number of hydrogen-bond acceptors (Lipinski definition) is 5. The highest BCUT2D eigenvalue weighted by molar-refractivity contribution is 5.93. The van der Waals surface area contributed by atoms with E-state index in [1.165, 1.54) is 7.11 Å². The first kappa shape index (κ1) is 20.3. The number of carbonyl (C=O) groups is 3. The van der Waals surface area contributed by atoms with Crippen LogP contribution in [0.25, 0.3) is 0 Å². The molecule has 3 N–H and O–H groups in total. The van der Waals surface area contributed by atoms with Gasteiger partial charge in [0.15, 0.2) is 18.3 Å². The number of quaternary nitrogens is 1. The summed E-state index contributed by atoms with van der Waals surface area (Å²) in [5.41, 5.74) is 0.534. The first-order valence-electron chi connectivity index (χ1n) is 9.37. The number of carbonyl (C=O) groups excluding carboxylic acids is 3. The van der Waals surface area contributed by atoms with E-state index in [-0.39, 0.29) is 24.8 Å². The second-order valence-corrected chi connectivity index (χ2v) is 6.67. The van der Waals surface area contributed by atoms with Gasteiger partial charge in [-0.25, -0.2) is 0 Å². The van der Waals surface area contributed by atoms with Crippen LogP contribution in [0.15, 0.2) is 54.6 Å². The van der Waals surface area contributed by atoms with Crippen molar-refractivity contribution in [2.45, 2.75) is 12.5 Å². The molecule has 0 aliphatic carbocycles. The van der Waals surface area contributed by atoms with Crippen molar-refractivity contribution in [3.63, 3.8) is 0 Å². The lowest BCUT2D eigenvalue weighted by atomic mass is 10.1. The van der Waals surface area contributed by atoms with Gasteiger partial charge in [-0.15, -0.1) is 0 Å². The predicted octanol–water partition coefficient (Wildman–Crippen LogP) is 0.364. The van der Waals surface area contributed by atoms with Crippen LogP contribution < -0.4 is 20.3 Å². The summed E-state index contributed by atoms with van der Waals surface area (Å²) in [5.74, 6) is 0.174. The predicted molar refractivity (Wildman–Crippen MR) is 106 cm³/mol. The molecule has 0 aromatic heterocycles. The van der Waals surface area contributed by atoms with Gasteiger partial charge in [0, 0.05) is 0 Å². The molecule has 8 heteroatoms. The molecule has 3 rings (SSSR count). The Labute approximate surface area is 168 Å². The van der Waals surface area contributed by atoms with Gasteiger partial charge >= 0.3 is 5.97 Å². The molecule has 2 aromatic carbocycles. The molecule has 1 fully saturated rings. The van der Waals surface area contributed by atoms with Crippen molar-refractivity contribution in [1.82, 2.24) is 5.32 Å². The molecule has 0 bridgehead atoms. The van der Waals surface area contributed by atoms with E-state index in [1.807, 2.05) is 36.4 Å². The summed E-state index contributed by atoms with van der Waals surface area (Å²) in [6, 6.07) is 15.8. The van der Waals surface area contributed by atoms with Crippen molar-refractivity contribution >= 4 is 23.5 Å². The summed E-state index contributed by atoms with van der Waals surface area (Å²) in [4.78, 5) is 37.2. The van der Waals surface area contributed by atoms with Gasteiger partial charge in [0.05, 0.1) is 25.9 Å². The molecular formula is C21H24N3O5+. The summed E-state index contributed by atoms with van der Waals surface area (Å²) in [6.45, 7) is 1.05. The Kier molecular flexibility index (Phi) is 6.80. The first-order valence-corrected chi connectivity index (χ1v) is 9.37. The second kappa shape index (κ2) is 9.70. The second-order valence-electron chi connectivity index (χ2n) is 6.67. The van der Waals surface area contributed by atoms with Crippen LogP contribution in [0.4, 0.5) is 5.69 Å². The van der Waals surface area contributed by atoms with Crippen LogP contribution in [0.5, 0.6) is 11.5 Å². The minimum absolute atomic E-state index is 0.0503. The molecule has 2 amide bonds. The third kappa shape index (κ3) is 5.55. The summed E-state index contributed by atoms with van der Waals surface area (Å²) >= 11 is 0. The van der Waals surface area contributed by atoms with Crippen LogP contribution in [0, 0.1) is 0 Å². The molecule has 1 saturated heterocycles. The van der Waals surface area contributed by atoms with Crippen molar-refractivity contribution in [3.05, 3.63) is 54.6 Å². The van der Waals surface area contributed by atoms with E-state index in [2.05, 4.69) is 15.4 Å². The van der Waals surface area contributed by atoms with Gasteiger partial charge in [0.1, 0.15) is 12.2 Å². The molecular weight excluding hydrogens is 374 g/mol. The summed E-state index contributed by atoms with van der Waals surface area (Å²) < 4.78 is 10.5. The first-order chi connectivity index (χ1) is 14.1. The van der Waals surface area contributed by atoms with Gasteiger partial charge < -0.3 is 25.0 Å². The summed E-state index contributed by atoms with van der Waals surface area (Å²) in [7, 11) is 1.28. The van der Waals surface area contributed by atoms with E-state index in [4.69, 9.17) is 4.74 Å². The molecule has 2 atom stereocenters. The number of piperazine rings is 1. The van der Waals surface area contributed by atoms with E-state index in [0.717, 1.165) is 4.90 Å². The average molecular weight is 398 g/mol. The topological polar surface area (TPSA) is 98.2 Å². The molecule has 29 heavy (non-hydrogen) atoms. The van der Waals surface area contributed by atoms with E-state index < -0.39 is 12.0 Å². The average Bonchev–Trinajstić information content (AvgIpc) is 2.72. The normalized spacial score (nSPS) is 18.4. The number of rotatable bonds is 7. The Bertz CT molecular complexity index is 872. The van der Waals surface area contributed by atoms with Crippen molar-refractivity contribution < 1.29 is 28.8 Å². The molecule has 1 aliphatic heterocycles. The fourth-order valence-electron chi connectivity index (χ4n) is 3.20. The number of nitrogens with one attached hydrogen (secondary N) is 3. The third-order valence-electron chi connectivity index (χ3n) is 4.67. The molecule has 0 saturated carbocycles. The van der Waals surface area contributed by atoms with Crippen molar-refractivity contribution in [2.24, 2.45) is 0 Å². The van der Waals surface area contributed by atoms with E-state index in [0.29, 0.717) is 30.3 Å². The van der Waals surface area contributed by atoms with Gasteiger partial charge in [0.25, 0.3) is 11.8 Å². The van der Waals surface area contributed by atoms with E-state index in [1.54, 1.807) is 18.2 Å².